The van der Waals surface area contributed by atoms with Crippen LogP contribution in [-0.2, 0) is 4.79 Å². The molecule has 0 radical (unpaired) electrons. The monoisotopic (exact) mass is 252 g/mol. The number of carbonyl (C=O) groups is 1. The van der Waals surface area contributed by atoms with Crippen LogP contribution >= 0.6 is 0 Å². The number of carboxylic acids is 1. The number of nitrogens with one attached hydrogen (secondary N) is 1. The first-order valence-corrected chi connectivity index (χ1v) is 5.63. The Labute approximate surface area is 105 Å². The number of benzene rings is 1. The third kappa shape index (κ3) is 4.04. The fourth-order valence-electron chi connectivity index (χ4n) is 1.65. The van der Waals surface area contributed by atoms with Gasteiger partial charge in [-0.15, -0.1) is 0 Å². The summed E-state index contributed by atoms with van der Waals surface area (Å²) in [6, 6.07) is 4.77. The summed E-state index contributed by atoms with van der Waals surface area (Å²) in [5.41, 5.74) is 1.42. The van der Waals surface area contributed by atoms with Crippen molar-refractivity contribution >= 4 is 17.3 Å². The van der Waals surface area contributed by atoms with Gasteiger partial charge in [-0.05, 0) is 32.4 Å². The van der Waals surface area contributed by atoms with Gasteiger partial charge in [0.25, 0.3) is 5.69 Å². The number of rotatable bonds is 6. The molecular weight excluding hydrogens is 236 g/mol. The van der Waals surface area contributed by atoms with Crippen molar-refractivity contribution in [2.45, 2.75) is 32.7 Å². The van der Waals surface area contributed by atoms with E-state index in [0.29, 0.717) is 12.0 Å². The van der Waals surface area contributed by atoms with Gasteiger partial charge in [0.15, 0.2) is 0 Å². The molecule has 0 saturated heterocycles. The Bertz CT molecular complexity index is 459. The molecule has 0 amide bonds. The van der Waals surface area contributed by atoms with Crippen LogP contribution in [0.1, 0.15) is 25.3 Å². The normalized spacial score (nSPS) is 11.9. The fourth-order valence-corrected chi connectivity index (χ4v) is 1.65. The van der Waals surface area contributed by atoms with Gasteiger partial charge in [0.1, 0.15) is 0 Å². The fraction of sp³-hybridized carbons (Fsp3) is 0.417. The average Bonchev–Trinajstić information content (AvgIpc) is 2.26. The van der Waals surface area contributed by atoms with Crippen molar-refractivity contribution in [2.75, 3.05) is 5.32 Å². The largest absolute Gasteiger partial charge is 0.481 e. The van der Waals surface area contributed by atoms with Crippen molar-refractivity contribution in [3.63, 3.8) is 0 Å². The lowest BCUT2D eigenvalue weighted by Crippen LogP contribution is -2.16. The number of nitro benzene ring substituents is 1. The number of carboxylic acid groups (broad SMARTS) is 1. The van der Waals surface area contributed by atoms with E-state index in [2.05, 4.69) is 5.32 Å². The number of nitro groups is 1. The maximum Gasteiger partial charge on any atom is 0.303 e. The number of hydrogen-bond acceptors (Lipinski definition) is 4. The van der Waals surface area contributed by atoms with Crippen molar-refractivity contribution in [2.24, 2.45) is 0 Å². The van der Waals surface area contributed by atoms with Crippen molar-refractivity contribution in [3.8, 4) is 0 Å². The molecule has 6 nitrogen and oxygen atoms in total. The second-order valence-electron chi connectivity index (χ2n) is 4.24. The molecule has 0 aliphatic rings. The highest BCUT2D eigenvalue weighted by Crippen LogP contribution is 2.22. The minimum atomic E-state index is -0.830. The lowest BCUT2D eigenvalue weighted by atomic mass is 10.1. The van der Waals surface area contributed by atoms with E-state index in [-0.39, 0.29) is 18.2 Å². The predicted molar refractivity (Wildman–Crippen MR) is 67.8 cm³/mol. The summed E-state index contributed by atoms with van der Waals surface area (Å²) in [4.78, 5) is 20.7. The Morgan fingerprint density at radius 3 is 2.72 bits per heavy atom. The molecule has 0 aromatic heterocycles. The first-order valence-electron chi connectivity index (χ1n) is 5.63. The molecule has 2 N–H and O–H groups in total. The highest BCUT2D eigenvalue weighted by atomic mass is 16.6. The molecule has 0 saturated carbocycles. The Morgan fingerprint density at radius 2 is 2.22 bits per heavy atom. The molecule has 0 fully saturated rings. The molecule has 1 atom stereocenters. The van der Waals surface area contributed by atoms with Gasteiger partial charge in [0, 0.05) is 29.8 Å². The third-order valence-electron chi connectivity index (χ3n) is 2.60. The van der Waals surface area contributed by atoms with Gasteiger partial charge in [0.05, 0.1) is 4.92 Å². The molecule has 98 valence electrons. The summed E-state index contributed by atoms with van der Waals surface area (Å²) in [6.07, 6.45) is 0.603. The zero-order valence-corrected chi connectivity index (χ0v) is 10.3. The molecule has 1 unspecified atom stereocenters. The minimum absolute atomic E-state index is 0.00181. The number of aliphatic carboxylic acids is 1. The van der Waals surface area contributed by atoms with Gasteiger partial charge in [-0.2, -0.15) is 0 Å². The summed E-state index contributed by atoms with van der Waals surface area (Å²) >= 11 is 0. The van der Waals surface area contributed by atoms with Crippen LogP contribution in [0.4, 0.5) is 11.4 Å². The molecular formula is C12H16N2O4. The topological polar surface area (TPSA) is 92.5 Å². The van der Waals surface area contributed by atoms with Crippen molar-refractivity contribution < 1.29 is 14.8 Å². The van der Waals surface area contributed by atoms with Crippen LogP contribution in [-0.4, -0.2) is 22.0 Å². The standard InChI is InChI=1S/C12H16N2O4/c1-8-7-10(4-5-11(8)14(17)18)13-9(2)3-6-12(15)16/h4-5,7,9,13H,3,6H2,1-2H3,(H,15,16). The molecule has 18 heavy (non-hydrogen) atoms. The van der Waals surface area contributed by atoms with Gasteiger partial charge < -0.3 is 10.4 Å². The number of hydrogen-bond donors (Lipinski definition) is 2. The molecule has 6 heteroatoms. The van der Waals surface area contributed by atoms with Crippen molar-refractivity contribution in [3.05, 3.63) is 33.9 Å². The van der Waals surface area contributed by atoms with Crippen molar-refractivity contribution in [1.29, 1.82) is 0 Å². The Balaban J connectivity index is 2.65. The van der Waals surface area contributed by atoms with Gasteiger partial charge in [-0.3, -0.25) is 14.9 Å². The molecule has 1 rings (SSSR count). The summed E-state index contributed by atoms with van der Waals surface area (Å²) in [5.74, 6) is -0.830. The molecule has 0 aliphatic heterocycles. The summed E-state index contributed by atoms with van der Waals surface area (Å²) in [5, 5.41) is 22.3. The second-order valence-corrected chi connectivity index (χ2v) is 4.24. The Kier molecular flexibility index (Phi) is 4.65. The van der Waals surface area contributed by atoms with E-state index in [1.165, 1.54) is 6.07 Å². The van der Waals surface area contributed by atoms with Gasteiger partial charge in [0.2, 0.25) is 0 Å². The predicted octanol–water partition coefficient (Wildman–Crippen LogP) is 2.57. The zero-order chi connectivity index (χ0) is 13.7. The van der Waals surface area contributed by atoms with Crippen LogP contribution in [0, 0.1) is 17.0 Å². The minimum Gasteiger partial charge on any atom is -0.481 e. The first kappa shape index (κ1) is 14.0. The van der Waals surface area contributed by atoms with Gasteiger partial charge >= 0.3 is 5.97 Å². The summed E-state index contributed by atoms with van der Waals surface area (Å²) in [7, 11) is 0. The van der Waals surface area contributed by atoms with Crippen LogP contribution in [0.25, 0.3) is 0 Å². The van der Waals surface area contributed by atoms with E-state index < -0.39 is 10.9 Å². The zero-order valence-electron chi connectivity index (χ0n) is 10.3. The molecule has 0 bridgehead atoms. The average molecular weight is 252 g/mol. The van der Waals surface area contributed by atoms with Crippen molar-refractivity contribution in [1.82, 2.24) is 0 Å². The van der Waals surface area contributed by atoms with E-state index >= 15 is 0 Å². The second kappa shape index (κ2) is 6.00. The Hall–Kier alpha value is -2.11. The molecule has 1 aromatic carbocycles. The number of aryl methyl sites for hydroxylation is 1. The van der Waals surface area contributed by atoms with Crippen LogP contribution in [0.2, 0.25) is 0 Å². The third-order valence-corrected chi connectivity index (χ3v) is 2.60. The van der Waals surface area contributed by atoms with E-state index in [1.807, 2.05) is 6.92 Å². The molecule has 0 heterocycles. The number of nitrogens with zero attached hydrogens (tertiary/aromatic N) is 1. The van der Waals surface area contributed by atoms with E-state index in [9.17, 15) is 14.9 Å². The molecule has 1 aromatic rings. The van der Waals surface area contributed by atoms with Crippen LogP contribution < -0.4 is 5.32 Å². The highest BCUT2D eigenvalue weighted by Gasteiger charge is 2.11. The first-order chi connectivity index (χ1) is 8.40. The molecule has 0 spiro atoms. The smallest absolute Gasteiger partial charge is 0.303 e. The maximum absolute atomic E-state index is 10.7. The van der Waals surface area contributed by atoms with Gasteiger partial charge in [-0.25, -0.2) is 0 Å². The van der Waals surface area contributed by atoms with E-state index in [4.69, 9.17) is 5.11 Å². The van der Waals surface area contributed by atoms with E-state index in [1.54, 1.807) is 19.1 Å². The SMILES string of the molecule is Cc1cc(NC(C)CCC(=O)O)ccc1[N+](=O)[O-]. The van der Waals surface area contributed by atoms with Gasteiger partial charge in [-0.1, -0.05) is 0 Å². The quantitative estimate of drug-likeness (QED) is 0.599. The lowest BCUT2D eigenvalue weighted by Gasteiger charge is -2.14. The van der Waals surface area contributed by atoms with Crippen LogP contribution in [0.3, 0.4) is 0 Å². The maximum atomic E-state index is 10.7. The van der Waals surface area contributed by atoms with E-state index in [0.717, 1.165) is 5.69 Å². The number of anilines is 1. The summed E-state index contributed by atoms with van der Waals surface area (Å²) in [6.45, 7) is 3.55. The van der Waals surface area contributed by atoms with Crippen LogP contribution in [0.5, 0.6) is 0 Å². The lowest BCUT2D eigenvalue weighted by molar-refractivity contribution is -0.385. The van der Waals surface area contributed by atoms with Crippen LogP contribution in [0.15, 0.2) is 18.2 Å². The highest BCUT2D eigenvalue weighted by molar-refractivity contribution is 5.66. The molecule has 0 aliphatic carbocycles. The summed E-state index contributed by atoms with van der Waals surface area (Å²) < 4.78 is 0. The Morgan fingerprint density at radius 1 is 1.56 bits per heavy atom.